The van der Waals surface area contributed by atoms with Gasteiger partial charge in [0.2, 0.25) is 0 Å². The topological polar surface area (TPSA) is 38.3 Å². The van der Waals surface area contributed by atoms with E-state index >= 15 is 0 Å². The second-order valence-electron chi connectivity index (χ2n) is 6.85. The molecule has 0 saturated heterocycles. The SMILES string of the molecule is C=C/C(C(=O)OCC)=C(/c1ccccc1)C(NCc1ccccc1)[C@H](C)CC. The van der Waals surface area contributed by atoms with Crippen LogP contribution in [0.15, 0.2) is 78.9 Å². The van der Waals surface area contributed by atoms with Crippen molar-refractivity contribution in [3.8, 4) is 0 Å². The number of esters is 1. The highest BCUT2D eigenvalue weighted by atomic mass is 16.5. The summed E-state index contributed by atoms with van der Waals surface area (Å²) in [7, 11) is 0. The van der Waals surface area contributed by atoms with E-state index in [0.29, 0.717) is 18.1 Å². The van der Waals surface area contributed by atoms with E-state index in [1.807, 2.05) is 55.5 Å². The summed E-state index contributed by atoms with van der Waals surface area (Å²) in [6.45, 7) is 11.2. The van der Waals surface area contributed by atoms with Crippen molar-refractivity contribution in [2.45, 2.75) is 39.8 Å². The second-order valence-corrected chi connectivity index (χ2v) is 6.85. The van der Waals surface area contributed by atoms with Crippen LogP contribution >= 0.6 is 0 Å². The van der Waals surface area contributed by atoms with Gasteiger partial charge in [0.25, 0.3) is 0 Å². The number of hydrogen-bond acceptors (Lipinski definition) is 3. The summed E-state index contributed by atoms with van der Waals surface area (Å²) >= 11 is 0. The van der Waals surface area contributed by atoms with Crippen molar-refractivity contribution in [1.29, 1.82) is 0 Å². The third-order valence-corrected chi connectivity index (χ3v) is 4.97. The fourth-order valence-corrected chi connectivity index (χ4v) is 3.28. The molecule has 0 spiro atoms. The van der Waals surface area contributed by atoms with Gasteiger partial charge in [-0.3, -0.25) is 0 Å². The van der Waals surface area contributed by atoms with Crippen LogP contribution in [0.2, 0.25) is 0 Å². The maximum Gasteiger partial charge on any atom is 0.338 e. The van der Waals surface area contributed by atoms with Gasteiger partial charge in [-0.05, 0) is 29.5 Å². The molecule has 3 nitrogen and oxygen atoms in total. The quantitative estimate of drug-likeness (QED) is 0.342. The Morgan fingerprint density at radius 1 is 1.07 bits per heavy atom. The molecule has 3 heteroatoms. The van der Waals surface area contributed by atoms with Crippen LogP contribution in [0.25, 0.3) is 5.57 Å². The van der Waals surface area contributed by atoms with Gasteiger partial charge >= 0.3 is 5.97 Å². The van der Waals surface area contributed by atoms with E-state index in [1.165, 1.54) is 5.56 Å². The van der Waals surface area contributed by atoms with E-state index in [2.05, 4.69) is 37.9 Å². The number of nitrogens with one attached hydrogen (secondary N) is 1. The number of carbonyl (C=O) groups is 1. The van der Waals surface area contributed by atoms with Crippen LogP contribution in [0.1, 0.15) is 38.3 Å². The van der Waals surface area contributed by atoms with Crippen LogP contribution in [0, 0.1) is 5.92 Å². The molecule has 1 unspecified atom stereocenters. The molecule has 0 fully saturated rings. The summed E-state index contributed by atoms with van der Waals surface area (Å²) in [5, 5.41) is 3.68. The van der Waals surface area contributed by atoms with Gasteiger partial charge in [-0.1, -0.05) is 93.6 Å². The minimum Gasteiger partial charge on any atom is -0.462 e. The lowest BCUT2D eigenvalue weighted by molar-refractivity contribution is -0.138. The van der Waals surface area contributed by atoms with E-state index in [9.17, 15) is 4.79 Å². The first-order valence-electron chi connectivity index (χ1n) is 9.98. The van der Waals surface area contributed by atoms with Gasteiger partial charge in [0.05, 0.1) is 12.2 Å². The predicted molar refractivity (Wildman–Crippen MR) is 117 cm³/mol. The minimum absolute atomic E-state index is 0.00925. The van der Waals surface area contributed by atoms with Gasteiger partial charge in [0.1, 0.15) is 0 Å². The number of carbonyl (C=O) groups excluding carboxylic acids is 1. The third-order valence-electron chi connectivity index (χ3n) is 4.97. The van der Waals surface area contributed by atoms with Crippen molar-refractivity contribution in [1.82, 2.24) is 5.32 Å². The summed E-state index contributed by atoms with van der Waals surface area (Å²) in [6, 6.07) is 20.3. The van der Waals surface area contributed by atoms with Crippen molar-refractivity contribution in [2.75, 3.05) is 6.61 Å². The van der Waals surface area contributed by atoms with Gasteiger partial charge < -0.3 is 10.1 Å². The van der Waals surface area contributed by atoms with Gasteiger partial charge in [-0.25, -0.2) is 4.79 Å². The van der Waals surface area contributed by atoms with Crippen LogP contribution in [0.4, 0.5) is 0 Å². The summed E-state index contributed by atoms with van der Waals surface area (Å²) in [5.41, 5.74) is 3.69. The van der Waals surface area contributed by atoms with Gasteiger partial charge in [0.15, 0.2) is 0 Å². The zero-order chi connectivity index (χ0) is 20.4. The predicted octanol–water partition coefficient (Wildman–Crippen LogP) is 5.39. The Balaban J connectivity index is 2.51. The van der Waals surface area contributed by atoms with Crippen LogP contribution in [0.3, 0.4) is 0 Å². The standard InChI is InChI=1S/C25H31NO2/c1-5-19(4)24(26-18-20-14-10-8-11-15-20)23(21-16-12-9-13-17-21)22(6-2)25(27)28-7-3/h6,8-17,19,24,26H,2,5,7,18H2,1,3-4H3/b23-22+/t19-,24?/m1/s1. The van der Waals surface area contributed by atoms with Crippen LogP contribution in [0.5, 0.6) is 0 Å². The number of ether oxygens (including phenoxy) is 1. The molecule has 0 radical (unpaired) electrons. The Morgan fingerprint density at radius 2 is 1.68 bits per heavy atom. The lowest BCUT2D eigenvalue weighted by Crippen LogP contribution is -2.37. The molecule has 0 bridgehead atoms. The highest BCUT2D eigenvalue weighted by Gasteiger charge is 2.26. The van der Waals surface area contributed by atoms with E-state index < -0.39 is 0 Å². The Kier molecular flexibility index (Phi) is 8.70. The summed E-state index contributed by atoms with van der Waals surface area (Å²) in [5.74, 6) is -0.00513. The monoisotopic (exact) mass is 377 g/mol. The summed E-state index contributed by atoms with van der Waals surface area (Å²) in [4.78, 5) is 12.7. The molecule has 0 saturated carbocycles. The van der Waals surface area contributed by atoms with Gasteiger partial charge in [0, 0.05) is 12.6 Å². The smallest absolute Gasteiger partial charge is 0.338 e. The average Bonchev–Trinajstić information content (AvgIpc) is 2.74. The highest BCUT2D eigenvalue weighted by molar-refractivity contribution is 6.01. The molecule has 2 atom stereocenters. The zero-order valence-electron chi connectivity index (χ0n) is 17.2. The van der Waals surface area contributed by atoms with E-state index in [4.69, 9.17) is 4.74 Å². The molecule has 0 aliphatic carbocycles. The van der Waals surface area contributed by atoms with Crippen molar-refractivity contribution in [2.24, 2.45) is 5.92 Å². The van der Waals surface area contributed by atoms with Crippen molar-refractivity contribution < 1.29 is 9.53 Å². The Labute approximate surface area is 169 Å². The molecular formula is C25H31NO2. The number of rotatable bonds is 10. The maximum atomic E-state index is 12.7. The maximum absolute atomic E-state index is 12.7. The fraction of sp³-hybridized carbons (Fsp3) is 0.320. The molecule has 0 heterocycles. The molecule has 2 rings (SSSR count). The molecule has 0 aliphatic heterocycles. The van der Waals surface area contributed by atoms with E-state index in [-0.39, 0.29) is 12.0 Å². The molecule has 2 aromatic rings. The molecule has 0 aromatic heterocycles. The Morgan fingerprint density at radius 3 is 2.21 bits per heavy atom. The zero-order valence-corrected chi connectivity index (χ0v) is 17.2. The Hall–Kier alpha value is -2.65. The summed E-state index contributed by atoms with van der Waals surface area (Å²) < 4.78 is 5.33. The van der Waals surface area contributed by atoms with Crippen molar-refractivity contribution >= 4 is 11.5 Å². The first-order chi connectivity index (χ1) is 13.6. The minimum atomic E-state index is -0.328. The van der Waals surface area contributed by atoms with Crippen molar-refractivity contribution in [3.05, 3.63) is 90.0 Å². The van der Waals surface area contributed by atoms with E-state index in [1.54, 1.807) is 6.08 Å². The van der Waals surface area contributed by atoms with Crippen LogP contribution in [-0.4, -0.2) is 18.6 Å². The molecule has 2 aromatic carbocycles. The van der Waals surface area contributed by atoms with Gasteiger partial charge in [-0.15, -0.1) is 0 Å². The third kappa shape index (κ3) is 5.67. The van der Waals surface area contributed by atoms with E-state index in [0.717, 1.165) is 24.1 Å². The Bertz CT molecular complexity index is 781. The largest absolute Gasteiger partial charge is 0.462 e. The molecule has 148 valence electrons. The lowest BCUT2D eigenvalue weighted by atomic mass is 9.84. The molecule has 1 N–H and O–H groups in total. The lowest BCUT2D eigenvalue weighted by Gasteiger charge is -2.29. The number of benzene rings is 2. The van der Waals surface area contributed by atoms with Crippen LogP contribution in [-0.2, 0) is 16.1 Å². The van der Waals surface area contributed by atoms with Crippen LogP contribution < -0.4 is 5.32 Å². The average molecular weight is 378 g/mol. The molecular weight excluding hydrogens is 346 g/mol. The van der Waals surface area contributed by atoms with Gasteiger partial charge in [-0.2, -0.15) is 0 Å². The molecule has 28 heavy (non-hydrogen) atoms. The fourth-order valence-electron chi connectivity index (χ4n) is 3.28. The second kappa shape index (κ2) is 11.3. The normalized spacial score (nSPS) is 14.0. The van der Waals surface area contributed by atoms with Crippen molar-refractivity contribution in [3.63, 3.8) is 0 Å². The first-order valence-corrected chi connectivity index (χ1v) is 9.98. The molecule has 0 amide bonds. The number of hydrogen-bond donors (Lipinski definition) is 1. The summed E-state index contributed by atoms with van der Waals surface area (Å²) in [6.07, 6.45) is 2.61. The highest BCUT2D eigenvalue weighted by Crippen LogP contribution is 2.30. The molecule has 0 aliphatic rings. The first kappa shape index (κ1) is 21.6.